The maximum Gasteiger partial charge on any atom is 0.303 e. The maximum atomic E-state index is 12.8. The second-order valence-corrected chi connectivity index (χ2v) is 16.1. The number of amides is 1. The third-order valence-electron chi connectivity index (χ3n) is 11.4. The molecule has 0 bridgehead atoms. The summed E-state index contributed by atoms with van der Waals surface area (Å²) in [4.78, 5) is 25.4. The Hall–Kier alpha value is -1.90. The highest BCUT2D eigenvalue weighted by Gasteiger charge is 2.57. The molecular weight excluding hydrogens is 842 g/mol. The molecule has 10 unspecified atom stereocenters. The van der Waals surface area contributed by atoms with Gasteiger partial charge < -0.3 is 114 Å². The van der Waals surface area contributed by atoms with Gasteiger partial charge in [0, 0.05) is 20.5 Å². The van der Waals surface area contributed by atoms with Crippen LogP contribution in [0.3, 0.4) is 0 Å². The fourth-order valence-electron chi connectivity index (χ4n) is 7.88. The molecule has 0 aliphatic carbocycles. The van der Waals surface area contributed by atoms with Crippen LogP contribution in [0.25, 0.3) is 0 Å². The molecule has 360 valence electrons. The molecule has 0 spiro atoms. The number of nitrogens with one attached hydrogen (secondary N) is 1. The Kier molecular flexibility index (Phi) is 18.2. The van der Waals surface area contributed by atoms with E-state index in [2.05, 4.69) is 5.32 Å². The third-order valence-corrected chi connectivity index (χ3v) is 11.4. The van der Waals surface area contributed by atoms with Crippen LogP contribution >= 0.6 is 0 Å². The topological polar surface area (TPSA) is 370 Å². The highest BCUT2D eigenvalue weighted by atomic mass is 16.8. The van der Waals surface area contributed by atoms with Gasteiger partial charge in [0.1, 0.15) is 97.6 Å². The largest absolute Gasteiger partial charge is 0.454 e. The van der Waals surface area contributed by atoms with Crippen LogP contribution in [0.4, 0.5) is 0 Å². The standard InChI is InChI=1S/C37H63NO24/c1-7-8-52-36-31(29(20(44)12(3)54-36)61-35-27(51)25(49)22(46)16(9-39)58-35)62-33-18(38-14(5)41)28(23(47)17(10-40)57-33)59-37-32(56-15(6)42)30(21(45)13(4)55-37)60-34-26(50)24(48)19(43)11(2)53-34/h11-13,16-37,39-40,43-51H,7-10H2,1-6H3,(H,38,41)/t11?,12?,13?,16-,17?,18-,19-,20-,21-,22+,23+,24-,25?,26?,27?,28?,29-,30-,31?,32?,33-,34-,35+,36+,37-/m0/s1. The van der Waals surface area contributed by atoms with Crippen molar-refractivity contribution in [2.45, 2.75) is 201 Å². The zero-order valence-electron chi connectivity index (χ0n) is 35.0. The third kappa shape index (κ3) is 11.2. The summed E-state index contributed by atoms with van der Waals surface area (Å²) in [6, 6.07) is -1.59. The Labute approximate surface area is 356 Å². The van der Waals surface area contributed by atoms with Crippen molar-refractivity contribution in [1.29, 1.82) is 0 Å². The minimum atomic E-state index is -1.92. The van der Waals surface area contributed by atoms with Gasteiger partial charge in [-0.15, -0.1) is 0 Å². The Morgan fingerprint density at radius 3 is 1.50 bits per heavy atom. The first-order chi connectivity index (χ1) is 29.2. The van der Waals surface area contributed by atoms with Crippen LogP contribution < -0.4 is 5.32 Å². The summed E-state index contributed by atoms with van der Waals surface area (Å²) in [6.45, 7) is 6.54. The average Bonchev–Trinajstić information content (AvgIpc) is 3.22. The van der Waals surface area contributed by atoms with E-state index in [1.54, 1.807) is 6.92 Å². The Bertz CT molecular complexity index is 1430. The number of hydrogen-bond acceptors (Lipinski definition) is 24. The van der Waals surface area contributed by atoms with Gasteiger partial charge in [0.05, 0.1) is 31.5 Å². The van der Waals surface area contributed by atoms with Crippen molar-refractivity contribution in [1.82, 2.24) is 5.32 Å². The molecule has 25 heteroatoms. The van der Waals surface area contributed by atoms with E-state index < -0.39 is 179 Å². The summed E-state index contributed by atoms with van der Waals surface area (Å²) < 4.78 is 65.1. The number of carbonyl (C=O) groups excluding carboxylic acids is 2. The summed E-state index contributed by atoms with van der Waals surface area (Å²) in [6.07, 6.45) is -38.2. The van der Waals surface area contributed by atoms with Crippen LogP contribution in [0, 0.1) is 0 Å². The normalized spacial score (nSPS) is 49.0. The summed E-state index contributed by atoms with van der Waals surface area (Å²) in [7, 11) is 0. The lowest BCUT2D eigenvalue weighted by molar-refractivity contribution is -0.391. The Balaban J connectivity index is 1.49. The fraction of sp³-hybridized carbons (Fsp3) is 0.946. The number of ether oxygens (including phenoxy) is 11. The van der Waals surface area contributed by atoms with E-state index in [0.717, 1.165) is 13.8 Å². The van der Waals surface area contributed by atoms with Gasteiger partial charge >= 0.3 is 5.97 Å². The zero-order chi connectivity index (χ0) is 45.9. The monoisotopic (exact) mass is 905 g/mol. The van der Waals surface area contributed by atoms with Gasteiger partial charge in [0.15, 0.2) is 37.6 Å². The van der Waals surface area contributed by atoms with Crippen LogP contribution in [0.15, 0.2) is 0 Å². The van der Waals surface area contributed by atoms with Crippen molar-refractivity contribution in [3.8, 4) is 0 Å². The second kappa shape index (κ2) is 22.1. The van der Waals surface area contributed by atoms with Crippen LogP contribution in [-0.2, 0) is 61.7 Å². The van der Waals surface area contributed by atoms with E-state index in [0.29, 0.717) is 6.42 Å². The van der Waals surface area contributed by atoms with Gasteiger partial charge in [-0.3, -0.25) is 9.59 Å². The predicted octanol–water partition coefficient (Wildman–Crippen LogP) is -6.69. The summed E-state index contributed by atoms with van der Waals surface area (Å²) >= 11 is 0. The lowest BCUT2D eigenvalue weighted by atomic mass is 9.94. The van der Waals surface area contributed by atoms with E-state index in [9.17, 15) is 65.8 Å². The van der Waals surface area contributed by atoms with E-state index in [4.69, 9.17) is 52.1 Å². The first kappa shape index (κ1) is 51.1. The van der Waals surface area contributed by atoms with Crippen molar-refractivity contribution in [3.05, 3.63) is 0 Å². The minimum Gasteiger partial charge on any atom is -0.454 e. The number of rotatable bonds is 15. The molecule has 5 rings (SSSR count). The number of carbonyl (C=O) groups is 2. The number of aliphatic hydroxyl groups excluding tert-OH is 11. The molecule has 0 aromatic rings. The van der Waals surface area contributed by atoms with Crippen molar-refractivity contribution in [2.75, 3.05) is 19.8 Å². The molecule has 12 N–H and O–H groups in total. The van der Waals surface area contributed by atoms with Crippen LogP contribution in [0.5, 0.6) is 0 Å². The van der Waals surface area contributed by atoms with Gasteiger partial charge in [-0.25, -0.2) is 0 Å². The summed E-state index contributed by atoms with van der Waals surface area (Å²) in [5.41, 5.74) is 0. The zero-order valence-corrected chi connectivity index (χ0v) is 35.0. The lowest BCUT2D eigenvalue weighted by Gasteiger charge is -2.51. The molecule has 5 fully saturated rings. The van der Waals surface area contributed by atoms with E-state index in [-0.39, 0.29) is 6.61 Å². The van der Waals surface area contributed by atoms with Gasteiger partial charge in [0.25, 0.3) is 0 Å². The molecule has 25 nitrogen and oxygen atoms in total. The van der Waals surface area contributed by atoms with Gasteiger partial charge in [-0.2, -0.15) is 0 Å². The maximum absolute atomic E-state index is 12.8. The minimum absolute atomic E-state index is 0.0652. The van der Waals surface area contributed by atoms with Crippen LogP contribution in [0.2, 0.25) is 0 Å². The Morgan fingerprint density at radius 1 is 0.500 bits per heavy atom. The van der Waals surface area contributed by atoms with Crippen LogP contribution in [-0.4, -0.2) is 241 Å². The molecule has 5 aliphatic rings. The average molecular weight is 906 g/mol. The van der Waals surface area contributed by atoms with Crippen LogP contribution in [0.1, 0.15) is 48.0 Å². The number of aliphatic hydroxyl groups is 11. The quantitative estimate of drug-likeness (QED) is 0.0680. The molecule has 0 saturated carbocycles. The molecular formula is C37H63NO24. The van der Waals surface area contributed by atoms with E-state index in [1.165, 1.54) is 20.8 Å². The summed E-state index contributed by atoms with van der Waals surface area (Å²) in [5.74, 6) is -1.67. The van der Waals surface area contributed by atoms with Gasteiger partial charge in [-0.05, 0) is 27.2 Å². The smallest absolute Gasteiger partial charge is 0.303 e. The van der Waals surface area contributed by atoms with Gasteiger partial charge in [0.2, 0.25) is 5.91 Å². The molecule has 0 aromatic heterocycles. The highest BCUT2D eigenvalue weighted by Crippen LogP contribution is 2.37. The highest BCUT2D eigenvalue weighted by molar-refractivity contribution is 5.73. The fourth-order valence-corrected chi connectivity index (χ4v) is 7.88. The predicted molar refractivity (Wildman–Crippen MR) is 197 cm³/mol. The van der Waals surface area contributed by atoms with E-state index in [1.807, 2.05) is 0 Å². The first-order valence-corrected chi connectivity index (χ1v) is 20.5. The first-order valence-electron chi connectivity index (χ1n) is 20.5. The molecule has 5 saturated heterocycles. The van der Waals surface area contributed by atoms with Gasteiger partial charge in [-0.1, -0.05) is 6.92 Å². The number of esters is 1. The number of hydrogen-bond donors (Lipinski definition) is 12. The molecule has 1 amide bonds. The SMILES string of the molecule is CCCO[C@@H]1OC(C)[C@H](O)[C@H](O[C@H]2O[C@@H](CO)[C@@H](O)C(O)C2O)C1O[C@@H]1OC(CO)[C@@H](O)C(O[C@@H]2OC(C)[C@H](O)[C@H](O[C@@H]3OC(C)[C@H](O)[C@H](O)C3O)C2OC(C)=O)[C@@H]1NC(C)=O. The molecule has 0 aromatic carbocycles. The summed E-state index contributed by atoms with van der Waals surface area (Å²) in [5, 5.41) is 120. The molecule has 25 atom stereocenters. The van der Waals surface area contributed by atoms with E-state index >= 15 is 0 Å². The molecule has 5 heterocycles. The molecule has 0 radical (unpaired) electrons. The molecule has 5 aliphatic heterocycles. The van der Waals surface area contributed by atoms with Crippen molar-refractivity contribution in [3.63, 3.8) is 0 Å². The molecule has 62 heavy (non-hydrogen) atoms. The Morgan fingerprint density at radius 2 is 0.952 bits per heavy atom. The lowest BCUT2D eigenvalue weighted by Crippen LogP contribution is -2.70. The second-order valence-electron chi connectivity index (χ2n) is 16.1. The van der Waals surface area contributed by atoms with Crippen molar-refractivity contribution in [2.24, 2.45) is 0 Å². The van der Waals surface area contributed by atoms with Crippen molar-refractivity contribution < 1.29 is 118 Å². The van der Waals surface area contributed by atoms with Crippen molar-refractivity contribution >= 4 is 11.9 Å².